The molecule has 0 aliphatic carbocycles. The third-order valence-electron chi connectivity index (χ3n) is 4.81. The van der Waals surface area contributed by atoms with Crippen molar-refractivity contribution in [2.45, 2.75) is 44.2 Å². The number of alkyl halides is 3. The lowest BCUT2D eigenvalue weighted by atomic mass is 9.87. The molecule has 1 saturated heterocycles. The van der Waals surface area contributed by atoms with Gasteiger partial charge in [0.1, 0.15) is 23.0 Å². The average molecular weight is 386 g/mol. The van der Waals surface area contributed by atoms with Crippen LogP contribution in [0.3, 0.4) is 0 Å². The molecule has 2 heterocycles. The number of hydrogen-bond donors (Lipinski definition) is 1. The molecule has 1 unspecified atom stereocenters. The summed E-state index contributed by atoms with van der Waals surface area (Å²) in [5.41, 5.74) is -1.08. The summed E-state index contributed by atoms with van der Waals surface area (Å²) in [6.07, 6.45) is -2.44. The van der Waals surface area contributed by atoms with Crippen LogP contribution >= 0.6 is 11.3 Å². The molecule has 142 valence electrons. The lowest BCUT2D eigenvalue weighted by molar-refractivity contribution is -0.140. The van der Waals surface area contributed by atoms with E-state index in [1.165, 1.54) is 0 Å². The molecule has 1 N–H and O–H groups in total. The van der Waals surface area contributed by atoms with Gasteiger partial charge in [0.25, 0.3) is 0 Å². The van der Waals surface area contributed by atoms with Crippen LogP contribution in [0.4, 0.5) is 13.2 Å². The summed E-state index contributed by atoms with van der Waals surface area (Å²) in [6.45, 7) is 2.75. The summed E-state index contributed by atoms with van der Waals surface area (Å²) < 4.78 is 43.2. The van der Waals surface area contributed by atoms with Crippen molar-refractivity contribution in [3.8, 4) is 5.75 Å². The SMILES string of the molecule is CN1CCC[C@@H]1C(C)(O)c1ccc(OCc2nc(C(F)(F)F)cs2)cc1. The van der Waals surface area contributed by atoms with Crippen LogP contribution in [0.2, 0.25) is 0 Å². The van der Waals surface area contributed by atoms with Crippen LogP contribution in [0, 0.1) is 0 Å². The maximum Gasteiger partial charge on any atom is 0.434 e. The topological polar surface area (TPSA) is 45.6 Å². The molecular weight excluding hydrogens is 365 g/mol. The summed E-state index contributed by atoms with van der Waals surface area (Å²) in [5, 5.41) is 12.2. The molecule has 2 atom stereocenters. The predicted molar refractivity (Wildman–Crippen MR) is 93.1 cm³/mol. The van der Waals surface area contributed by atoms with Crippen LogP contribution in [-0.4, -0.2) is 34.6 Å². The first-order valence-corrected chi connectivity index (χ1v) is 9.23. The molecule has 1 fully saturated rings. The molecule has 1 aromatic heterocycles. The van der Waals surface area contributed by atoms with Gasteiger partial charge in [0, 0.05) is 11.4 Å². The second-order valence-corrected chi connectivity index (χ2v) is 7.67. The molecule has 1 aromatic carbocycles. The van der Waals surface area contributed by atoms with Gasteiger partial charge in [-0.05, 0) is 51.1 Å². The van der Waals surface area contributed by atoms with Crippen LogP contribution in [0.15, 0.2) is 29.6 Å². The number of thiazole rings is 1. The summed E-state index contributed by atoms with van der Waals surface area (Å²) >= 11 is 0.918. The zero-order valence-corrected chi connectivity index (χ0v) is 15.4. The van der Waals surface area contributed by atoms with E-state index in [4.69, 9.17) is 4.74 Å². The van der Waals surface area contributed by atoms with E-state index in [1.54, 1.807) is 24.3 Å². The van der Waals surface area contributed by atoms with Crippen molar-refractivity contribution in [1.29, 1.82) is 0 Å². The van der Waals surface area contributed by atoms with Crippen molar-refractivity contribution in [2.75, 3.05) is 13.6 Å². The molecule has 4 nitrogen and oxygen atoms in total. The Labute approximate surface area is 154 Å². The summed E-state index contributed by atoms with van der Waals surface area (Å²) in [6, 6.07) is 7.09. The van der Waals surface area contributed by atoms with Gasteiger partial charge in [-0.25, -0.2) is 4.98 Å². The number of aliphatic hydroxyl groups is 1. The molecular formula is C18H21F3N2O2S. The minimum absolute atomic E-state index is 0.0259. The lowest BCUT2D eigenvalue weighted by Crippen LogP contribution is -2.43. The summed E-state index contributed by atoms with van der Waals surface area (Å²) in [5.74, 6) is 0.521. The molecule has 3 rings (SSSR count). The van der Waals surface area contributed by atoms with Gasteiger partial charge in [-0.1, -0.05) is 12.1 Å². The predicted octanol–water partition coefficient (Wildman–Crippen LogP) is 4.04. The molecule has 0 bridgehead atoms. The molecule has 0 radical (unpaired) electrons. The van der Waals surface area contributed by atoms with Gasteiger partial charge in [0.15, 0.2) is 5.69 Å². The lowest BCUT2D eigenvalue weighted by Gasteiger charge is -2.35. The van der Waals surface area contributed by atoms with Gasteiger partial charge in [-0.15, -0.1) is 11.3 Å². The monoisotopic (exact) mass is 386 g/mol. The third-order valence-corrected chi connectivity index (χ3v) is 5.63. The second-order valence-electron chi connectivity index (χ2n) is 6.72. The Kier molecular flexibility index (Phi) is 5.28. The quantitative estimate of drug-likeness (QED) is 0.842. The number of benzene rings is 1. The largest absolute Gasteiger partial charge is 0.486 e. The van der Waals surface area contributed by atoms with Crippen LogP contribution < -0.4 is 4.74 Å². The van der Waals surface area contributed by atoms with Gasteiger partial charge in [-0.2, -0.15) is 13.2 Å². The van der Waals surface area contributed by atoms with E-state index in [9.17, 15) is 18.3 Å². The maximum absolute atomic E-state index is 12.6. The first-order valence-electron chi connectivity index (χ1n) is 8.35. The number of aromatic nitrogens is 1. The maximum atomic E-state index is 12.6. The van der Waals surface area contributed by atoms with Crippen molar-refractivity contribution >= 4 is 11.3 Å². The second kappa shape index (κ2) is 7.17. The Balaban J connectivity index is 1.63. The highest BCUT2D eigenvalue weighted by Gasteiger charge is 2.38. The van der Waals surface area contributed by atoms with E-state index in [0.717, 1.165) is 41.7 Å². The third kappa shape index (κ3) is 4.02. The molecule has 0 spiro atoms. The summed E-state index contributed by atoms with van der Waals surface area (Å²) in [7, 11) is 2.01. The zero-order chi connectivity index (χ0) is 18.9. The smallest absolute Gasteiger partial charge is 0.434 e. The molecule has 8 heteroatoms. The standard InChI is InChI=1S/C18H21F3N2O2S/c1-17(24,15-4-3-9-23(15)2)12-5-7-13(8-6-12)25-10-16-22-14(11-26-16)18(19,20)21/h5-8,11,15,24H,3-4,9-10H2,1-2H3/t15-,17?/m1/s1. The van der Waals surface area contributed by atoms with Crippen LogP contribution in [0.25, 0.3) is 0 Å². The summed E-state index contributed by atoms with van der Waals surface area (Å²) in [4.78, 5) is 5.69. The van der Waals surface area contributed by atoms with E-state index in [-0.39, 0.29) is 17.7 Å². The van der Waals surface area contributed by atoms with Crippen molar-refractivity contribution in [3.63, 3.8) is 0 Å². The highest BCUT2D eigenvalue weighted by Crippen LogP contribution is 2.34. The van der Waals surface area contributed by atoms with E-state index in [1.807, 2.05) is 14.0 Å². The highest BCUT2D eigenvalue weighted by atomic mass is 32.1. The number of likely N-dealkylation sites (N-methyl/N-ethyl adjacent to an activating group) is 1. The fourth-order valence-corrected chi connectivity index (χ4v) is 4.07. The first kappa shape index (κ1) is 19.1. The minimum atomic E-state index is -4.44. The number of halogens is 3. The van der Waals surface area contributed by atoms with Gasteiger partial charge in [0.2, 0.25) is 0 Å². The molecule has 1 aliphatic heterocycles. The first-order chi connectivity index (χ1) is 12.2. The van der Waals surface area contributed by atoms with E-state index < -0.39 is 17.5 Å². The highest BCUT2D eigenvalue weighted by molar-refractivity contribution is 7.09. The Hall–Kier alpha value is -1.64. The minimum Gasteiger partial charge on any atom is -0.486 e. The van der Waals surface area contributed by atoms with Gasteiger partial charge in [0.05, 0.1) is 0 Å². The van der Waals surface area contributed by atoms with Crippen molar-refractivity contribution in [1.82, 2.24) is 9.88 Å². The molecule has 26 heavy (non-hydrogen) atoms. The van der Waals surface area contributed by atoms with Crippen molar-refractivity contribution in [2.24, 2.45) is 0 Å². The Morgan fingerprint density at radius 2 is 2.00 bits per heavy atom. The number of nitrogens with zero attached hydrogens (tertiary/aromatic N) is 2. The molecule has 0 amide bonds. The normalized spacial score (nSPS) is 20.9. The van der Waals surface area contributed by atoms with Crippen LogP contribution in [-0.2, 0) is 18.4 Å². The average Bonchev–Trinajstić information content (AvgIpc) is 3.22. The zero-order valence-electron chi connectivity index (χ0n) is 14.6. The number of ether oxygens (including phenoxy) is 1. The Morgan fingerprint density at radius 3 is 2.54 bits per heavy atom. The van der Waals surface area contributed by atoms with Gasteiger partial charge < -0.3 is 14.7 Å². The fraction of sp³-hybridized carbons (Fsp3) is 0.500. The fourth-order valence-electron chi connectivity index (χ4n) is 3.35. The Morgan fingerprint density at radius 1 is 1.31 bits per heavy atom. The van der Waals surface area contributed by atoms with Crippen molar-refractivity contribution < 1.29 is 23.0 Å². The number of rotatable bonds is 5. The Bertz CT molecular complexity index is 744. The number of likely N-dealkylation sites (tertiary alicyclic amines) is 1. The van der Waals surface area contributed by atoms with E-state index >= 15 is 0 Å². The van der Waals surface area contributed by atoms with Crippen molar-refractivity contribution in [3.05, 3.63) is 45.9 Å². The van der Waals surface area contributed by atoms with Gasteiger partial charge in [-0.3, -0.25) is 0 Å². The van der Waals surface area contributed by atoms with E-state index in [2.05, 4.69) is 9.88 Å². The van der Waals surface area contributed by atoms with Crippen LogP contribution in [0.1, 0.15) is 36.0 Å². The van der Waals surface area contributed by atoms with Gasteiger partial charge >= 0.3 is 6.18 Å². The molecule has 0 saturated carbocycles. The van der Waals surface area contributed by atoms with E-state index in [0.29, 0.717) is 5.75 Å². The molecule has 1 aliphatic rings. The molecule has 2 aromatic rings. The van der Waals surface area contributed by atoms with Crippen LogP contribution in [0.5, 0.6) is 5.75 Å². The number of hydrogen-bond acceptors (Lipinski definition) is 5.